The van der Waals surface area contributed by atoms with Gasteiger partial charge >= 0.3 is 0 Å². The quantitative estimate of drug-likeness (QED) is 0.280. The smallest absolute Gasteiger partial charge is 0.191 e. The summed E-state index contributed by atoms with van der Waals surface area (Å²) in [6.07, 6.45) is 4.96. The molecule has 0 fully saturated rings. The van der Waals surface area contributed by atoms with Gasteiger partial charge in [-0.3, -0.25) is 0 Å². The summed E-state index contributed by atoms with van der Waals surface area (Å²) in [5, 5.41) is 9.10. The predicted molar refractivity (Wildman–Crippen MR) is 122 cm³/mol. The Morgan fingerprint density at radius 1 is 1.27 bits per heavy atom. The first-order chi connectivity index (χ1) is 12.2. The minimum absolute atomic E-state index is 0. The standard InChI is InChI=1S/C19H25N5S.HI/c1-4-20-19(24-12-16-11-22-14(3)25-16)21-8-7-15-10-23-18-9-13(2)5-6-17(15)18;/h5-6,9-11,23H,4,7-8,12H2,1-3H3,(H2,20,21,24);1H. The van der Waals surface area contributed by atoms with E-state index in [1.54, 1.807) is 11.3 Å². The molecule has 2 aromatic heterocycles. The number of guanidine groups is 1. The Morgan fingerprint density at radius 3 is 2.85 bits per heavy atom. The van der Waals surface area contributed by atoms with Crippen LogP contribution in [0.15, 0.2) is 35.6 Å². The molecular formula is C19H26IN5S. The maximum absolute atomic E-state index is 4.65. The zero-order valence-corrected chi connectivity index (χ0v) is 18.6. The van der Waals surface area contributed by atoms with Crippen LogP contribution in [-0.4, -0.2) is 29.0 Å². The van der Waals surface area contributed by atoms with Crippen LogP contribution in [0.25, 0.3) is 10.9 Å². The summed E-state index contributed by atoms with van der Waals surface area (Å²) < 4.78 is 0. The average Bonchev–Trinajstić information content (AvgIpc) is 3.18. The number of aromatic nitrogens is 2. The Kier molecular flexibility index (Phi) is 7.89. The highest BCUT2D eigenvalue weighted by molar-refractivity contribution is 14.0. The van der Waals surface area contributed by atoms with Crippen molar-refractivity contribution in [1.82, 2.24) is 20.6 Å². The Morgan fingerprint density at radius 2 is 2.12 bits per heavy atom. The largest absolute Gasteiger partial charge is 0.361 e. The van der Waals surface area contributed by atoms with Crippen LogP contribution in [-0.2, 0) is 13.0 Å². The number of thiazole rings is 1. The highest BCUT2D eigenvalue weighted by Crippen LogP contribution is 2.19. The Balaban J connectivity index is 0.00000243. The van der Waals surface area contributed by atoms with Crippen LogP contribution in [0.5, 0.6) is 0 Å². The minimum atomic E-state index is 0. The Hall–Kier alpha value is -1.61. The zero-order valence-electron chi connectivity index (χ0n) is 15.4. The van der Waals surface area contributed by atoms with E-state index in [1.165, 1.54) is 26.9 Å². The van der Waals surface area contributed by atoms with Crippen molar-refractivity contribution in [3.63, 3.8) is 0 Å². The van der Waals surface area contributed by atoms with E-state index in [9.17, 15) is 0 Å². The molecule has 0 saturated carbocycles. The van der Waals surface area contributed by atoms with Crippen LogP contribution >= 0.6 is 35.3 Å². The molecule has 0 atom stereocenters. The molecule has 3 aromatic rings. The number of H-pyrrole nitrogens is 1. The number of aryl methyl sites for hydroxylation is 2. The SMILES string of the molecule is CCNC(=NCc1cnc(C)s1)NCCc1c[nH]c2cc(C)ccc12.I. The molecule has 0 bridgehead atoms. The van der Waals surface area contributed by atoms with E-state index in [4.69, 9.17) is 0 Å². The molecule has 1 aromatic carbocycles. The molecule has 0 saturated heterocycles. The molecule has 3 rings (SSSR count). The maximum Gasteiger partial charge on any atom is 0.191 e. The van der Waals surface area contributed by atoms with Gasteiger partial charge in [0, 0.05) is 41.3 Å². The molecule has 140 valence electrons. The van der Waals surface area contributed by atoms with E-state index in [-0.39, 0.29) is 24.0 Å². The number of fused-ring (bicyclic) bond motifs is 1. The summed E-state index contributed by atoms with van der Waals surface area (Å²) in [5.41, 5.74) is 3.81. The zero-order chi connectivity index (χ0) is 17.6. The normalized spacial score (nSPS) is 11.4. The van der Waals surface area contributed by atoms with Gasteiger partial charge in [0.15, 0.2) is 5.96 Å². The minimum Gasteiger partial charge on any atom is -0.361 e. The number of nitrogens with zero attached hydrogens (tertiary/aromatic N) is 2. The van der Waals surface area contributed by atoms with Crippen molar-refractivity contribution in [2.75, 3.05) is 13.1 Å². The van der Waals surface area contributed by atoms with Crippen LogP contribution in [0.4, 0.5) is 0 Å². The molecule has 0 aliphatic carbocycles. The number of benzene rings is 1. The first kappa shape index (κ1) is 20.7. The van der Waals surface area contributed by atoms with E-state index >= 15 is 0 Å². The molecule has 7 heteroatoms. The predicted octanol–water partition coefficient (Wildman–Crippen LogP) is 4.16. The first-order valence-corrected chi connectivity index (χ1v) is 9.47. The third-order valence-corrected chi connectivity index (χ3v) is 4.91. The van der Waals surface area contributed by atoms with Crippen molar-refractivity contribution >= 4 is 52.2 Å². The molecule has 2 heterocycles. The lowest BCUT2D eigenvalue weighted by Gasteiger charge is -2.10. The monoisotopic (exact) mass is 483 g/mol. The topological polar surface area (TPSA) is 65.1 Å². The lowest BCUT2D eigenvalue weighted by atomic mass is 10.1. The van der Waals surface area contributed by atoms with Gasteiger partial charge in [-0.2, -0.15) is 0 Å². The molecule has 26 heavy (non-hydrogen) atoms. The number of nitrogens with one attached hydrogen (secondary N) is 3. The number of rotatable bonds is 6. The van der Waals surface area contributed by atoms with E-state index in [0.29, 0.717) is 6.54 Å². The van der Waals surface area contributed by atoms with E-state index in [1.807, 2.05) is 13.1 Å². The molecule has 0 amide bonds. The van der Waals surface area contributed by atoms with Gasteiger partial charge in [-0.15, -0.1) is 35.3 Å². The number of hydrogen-bond acceptors (Lipinski definition) is 3. The van der Waals surface area contributed by atoms with Crippen LogP contribution in [0.1, 0.15) is 27.9 Å². The second-order valence-corrected chi connectivity index (χ2v) is 7.40. The molecule has 0 radical (unpaired) electrons. The Bertz CT molecular complexity index is 868. The number of halogens is 1. The summed E-state index contributed by atoms with van der Waals surface area (Å²) in [6.45, 7) is 8.56. The van der Waals surface area contributed by atoms with Gasteiger partial charge in [0.2, 0.25) is 0 Å². The van der Waals surface area contributed by atoms with Crippen molar-refractivity contribution in [2.45, 2.75) is 33.7 Å². The van der Waals surface area contributed by atoms with Crippen LogP contribution < -0.4 is 10.6 Å². The summed E-state index contributed by atoms with van der Waals surface area (Å²) in [4.78, 5) is 13.5. The second-order valence-electron chi connectivity index (χ2n) is 6.08. The molecule has 0 spiro atoms. The molecule has 5 nitrogen and oxygen atoms in total. The molecule has 0 aliphatic heterocycles. The van der Waals surface area contributed by atoms with Gasteiger partial charge in [-0.25, -0.2) is 9.98 Å². The highest BCUT2D eigenvalue weighted by Gasteiger charge is 2.05. The number of aromatic amines is 1. The van der Waals surface area contributed by atoms with Crippen LogP contribution in [0, 0.1) is 13.8 Å². The Labute approximate surface area is 175 Å². The third kappa shape index (κ3) is 5.44. The van der Waals surface area contributed by atoms with Crippen molar-refractivity contribution in [2.24, 2.45) is 4.99 Å². The molecule has 3 N–H and O–H groups in total. The number of aliphatic imine (C=N–C) groups is 1. The average molecular weight is 483 g/mol. The van der Waals surface area contributed by atoms with Crippen LogP contribution in [0.2, 0.25) is 0 Å². The van der Waals surface area contributed by atoms with Gasteiger partial charge in [-0.05, 0) is 44.4 Å². The second kappa shape index (κ2) is 9.91. The lowest BCUT2D eigenvalue weighted by Crippen LogP contribution is -2.38. The van der Waals surface area contributed by atoms with Crippen molar-refractivity contribution in [3.05, 3.63) is 51.6 Å². The van der Waals surface area contributed by atoms with Gasteiger partial charge < -0.3 is 15.6 Å². The fraction of sp³-hybridized carbons (Fsp3) is 0.368. The fourth-order valence-corrected chi connectivity index (χ4v) is 3.52. The molecule has 0 aliphatic rings. The van der Waals surface area contributed by atoms with Crippen LogP contribution in [0.3, 0.4) is 0 Å². The fourth-order valence-electron chi connectivity index (χ4n) is 2.80. The first-order valence-electron chi connectivity index (χ1n) is 8.66. The van der Waals surface area contributed by atoms with Crippen molar-refractivity contribution in [3.8, 4) is 0 Å². The van der Waals surface area contributed by atoms with E-state index < -0.39 is 0 Å². The summed E-state index contributed by atoms with van der Waals surface area (Å²) in [7, 11) is 0. The molecular weight excluding hydrogens is 457 g/mol. The third-order valence-electron chi connectivity index (χ3n) is 4.02. The van der Waals surface area contributed by atoms with Crippen molar-refractivity contribution in [1.29, 1.82) is 0 Å². The van der Waals surface area contributed by atoms with Gasteiger partial charge in [-0.1, -0.05) is 12.1 Å². The van der Waals surface area contributed by atoms with Gasteiger partial charge in [0.1, 0.15) is 0 Å². The maximum atomic E-state index is 4.65. The van der Waals surface area contributed by atoms with E-state index in [2.05, 4.69) is 63.8 Å². The number of hydrogen-bond donors (Lipinski definition) is 3. The lowest BCUT2D eigenvalue weighted by molar-refractivity contribution is 0.803. The highest BCUT2D eigenvalue weighted by atomic mass is 127. The van der Waals surface area contributed by atoms with Crippen molar-refractivity contribution < 1.29 is 0 Å². The summed E-state index contributed by atoms with van der Waals surface area (Å²) in [5.74, 6) is 0.851. The van der Waals surface area contributed by atoms with Gasteiger partial charge in [0.25, 0.3) is 0 Å². The van der Waals surface area contributed by atoms with E-state index in [0.717, 1.165) is 30.5 Å². The molecule has 0 unspecified atom stereocenters. The van der Waals surface area contributed by atoms with Gasteiger partial charge in [0.05, 0.1) is 11.6 Å². The summed E-state index contributed by atoms with van der Waals surface area (Å²) >= 11 is 1.69. The summed E-state index contributed by atoms with van der Waals surface area (Å²) in [6, 6.07) is 6.55.